The van der Waals surface area contributed by atoms with E-state index in [9.17, 15) is 10.1 Å². The van der Waals surface area contributed by atoms with Gasteiger partial charge in [0.15, 0.2) is 0 Å². The van der Waals surface area contributed by atoms with Gasteiger partial charge in [0.2, 0.25) is 0 Å². The number of terminal acetylenes is 1. The molecule has 0 amide bonds. The first-order valence-corrected chi connectivity index (χ1v) is 3.24. The van der Waals surface area contributed by atoms with Crippen molar-refractivity contribution in [3.05, 3.63) is 33.6 Å². The number of pyridine rings is 1. The van der Waals surface area contributed by atoms with Gasteiger partial charge in [-0.15, -0.1) is 6.42 Å². The van der Waals surface area contributed by atoms with Crippen LogP contribution in [0.5, 0.6) is 0 Å². The van der Waals surface area contributed by atoms with E-state index in [0.29, 0.717) is 11.4 Å². The Balaban J connectivity index is 3.23. The third-order valence-electron chi connectivity index (χ3n) is 1.40. The fraction of sp³-hybridized carbons (Fsp3) is 0.125. The number of hydrogen-bond donors (Lipinski definition) is 0. The van der Waals surface area contributed by atoms with Gasteiger partial charge in [-0.1, -0.05) is 5.92 Å². The molecular formula is C8H6N2O2. The van der Waals surface area contributed by atoms with Crippen LogP contribution in [-0.4, -0.2) is 9.91 Å². The van der Waals surface area contributed by atoms with Gasteiger partial charge in [-0.2, -0.15) is 0 Å². The molecule has 0 bridgehead atoms. The minimum absolute atomic E-state index is 0.00556. The number of rotatable bonds is 1. The van der Waals surface area contributed by atoms with Gasteiger partial charge in [0, 0.05) is 6.07 Å². The second-order valence-electron chi connectivity index (χ2n) is 2.20. The second-order valence-corrected chi connectivity index (χ2v) is 2.20. The molecule has 0 aliphatic carbocycles. The fourth-order valence-electron chi connectivity index (χ4n) is 0.827. The highest BCUT2D eigenvalue weighted by Crippen LogP contribution is 2.14. The van der Waals surface area contributed by atoms with Crippen LogP contribution < -0.4 is 0 Å². The smallest absolute Gasteiger partial charge is 0.258 e. The summed E-state index contributed by atoms with van der Waals surface area (Å²) >= 11 is 0. The summed E-state index contributed by atoms with van der Waals surface area (Å²) in [4.78, 5) is 13.7. The zero-order valence-electron chi connectivity index (χ0n) is 6.44. The van der Waals surface area contributed by atoms with Gasteiger partial charge in [-0.05, 0) is 13.0 Å². The van der Waals surface area contributed by atoms with Gasteiger partial charge < -0.3 is 0 Å². The molecule has 0 unspecified atom stereocenters. The van der Waals surface area contributed by atoms with Crippen LogP contribution in [0.4, 0.5) is 5.69 Å². The highest BCUT2D eigenvalue weighted by atomic mass is 16.6. The molecule has 1 aromatic heterocycles. The van der Waals surface area contributed by atoms with Crippen LogP contribution in [-0.2, 0) is 0 Å². The fourth-order valence-corrected chi connectivity index (χ4v) is 0.827. The summed E-state index contributed by atoms with van der Waals surface area (Å²) in [5.41, 5.74) is 0.752. The van der Waals surface area contributed by atoms with Gasteiger partial charge >= 0.3 is 0 Å². The van der Waals surface area contributed by atoms with E-state index in [1.165, 1.54) is 12.1 Å². The lowest BCUT2D eigenvalue weighted by molar-refractivity contribution is -0.385. The third kappa shape index (κ3) is 1.40. The van der Waals surface area contributed by atoms with Crippen molar-refractivity contribution in [1.29, 1.82) is 0 Å². The Hall–Kier alpha value is -1.89. The Kier molecular flexibility index (Phi) is 2.06. The molecule has 1 aromatic rings. The van der Waals surface area contributed by atoms with Crippen LogP contribution in [0.3, 0.4) is 0 Å². The third-order valence-corrected chi connectivity index (χ3v) is 1.40. The van der Waals surface area contributed by atoms with Gasteiger partial charge in [0.05, 0.1) is 4.92 Å². The van der Waals surface area contributed by atoms with Crippen molar-refractivity contribution in [3.63, 3.8) is 0 Å². The highest BCUT2D eigenvalue weighted by molar-refractivity contribution is 5.38. The molecule has 1 heterocycles. The largest absolute Gasteiger partial charge is 0.290 e. The summed E-state index contributed by atoms with van der Waals surface area (Å²) in [6, 6.07) is 2.81. The molecule has 0 saturated carbocycles. The van der Waals surface area contributed by atoms with Crippen molar-refractivity contribution in [2.24, 2.45) is 0 Å². The van der Waals surface area contributed by atoms with Gasteiger partial charge in [0.1, 0.15) is 11.4 Å². The number of nitrogens with zero attached hydrogens (tertiary/aromatic N) is 2. The van der Waals surface area contributed by atoms with Gasteiger partial charge in [-0.3, -0.25) is 10.1 Å². The number of aryl methyl sites for hydroxylation is 1. The van der Waals surface area contributed by atoms with Crippen molar-refractivity contribution in [3.8, 4) is 12.3 Å². The van der Waals surface area contributed by atoms with E-state index in [1.54, 1.807) is 6.92 Å². The van der Waals surface area contributed by atoms with Crippen LogP contribution in [0.15, 0.2) is 12.1 Å². The molecule has 0 fully saturated rings. The van der Waals surface area contributed by atoms with E-state index in [-0.39, 0.29) is 5.69 Å². The predicted octanol–water partition coefficient (Wildman–Crippen LogP) is 1.28. The topological polar surface area (TPSA) is 56.0 Å². The quantitative estimate of drug-likeness (QED) is 0.355. The van der Waals surface area contributed by atoms with Crippen LogP contribution in [0.2, 0.25) is 0 Å². The Morgan fingerprint density at radius 2 is 2.33 bits per heavy atom. The molecule has 0 aliphatic heterocycles. The monoisotopic (exact) mass is 162 g/mol. The minimum atomic E-state index is -0.484. The SMILES string of the molecule is C#Cc1ccc([N+](=O)[O-])c(C)n1. The molecule has 60 valence electrons. The summed E-state index contributed by atoms with van der Waals surface area (Å²) in [5, 5.41) is 10.3. The molecule has 12 heavy (non-hydrogen) atoms. The maximum absolute atomic E-state index is 10.3. The second kappa shape index (κ2) is 3.01. The normalized spacial score (nSPS) is 9.00. The molecule has 1 rings (SSSR count). The summed E-state index contributed by atoms with van der Waals surface area (Å²) in [5.74, 6) is 2.30. The van der Waals surface area contributed by atoms with E-state index in [4.69, 9.17) is 6.42 Å². The average molecular weight is 162 g/mol. The molecule has 0 atom stereocenters. The lowest BCUT2D eigenvalue weighted by Crippen LogP contribution is -1.95. The maximum atomic E-state index is 10.3. The zero-order valence-corrected chi connectivity index (χ0v) is 6.44. The standard InChI is InChI=1S/C8H6N2O2/c1-3-7-4-5-8(10(11)12)6(2)9-7/h1,4-5H,2H3. The van der Waals surface area contributed by atoms with Crippen LogP contribution in [0.1, 0.15) is 11.4 Å². The Labute approximate surface area is 69.4 Å². The molecule has 0 spiro atoms. The van der Waals surface area contributed by atoms with Crippen LogP contribution in [0.25, 0.3) is 0 Å². The molecule has 4 nitrogen and oxygen atoms in total. The van der Waals surface area contributed by atoms with E-state index in [0.717, 1.165) is 0 Å². The Bertz CT molecular complexity index is 366. The highest BCUT2D eigenvalue weighted by Gasteiger charge is 2.10. The maximum Gasteiger partial charge on any atom is 0.290 e. The molecule has 0 aliphatic rings. The summed E-state index contributed by atoms with van der Waals surface area (Å²) in [7, 11) is 0. The first-order valence-electron chi connectivity index (χ1n) is 3.24. The summed E-state index contributed by atoms with van der Waals surface area (Å²) in [6.45, 7) is 1.55. The lowest BCUT2D eigenvalue weighted by atomic mass is 10.3. The number of aromatic nitrogens is 1. The van der Waals surface area contributed by atoms with Crippen molar-refractivity contribution < 1.29 is 4.92 Å². The average Bonchev–Trinajstić information content (AvgIpc) is 2.03. The van der Waals surface area contributed by atoms with Crippen molar-refractivity contribution in [2.45, 2.75) is 6.92 Å². The lowest BCUT2D eigenvalue weighted by Gasteiger charge is -1.95. The van der Waals surface area contributed by atoms with Gasteiger partial charge in [-0.25, -0.2) is 4.98 Å². The molecular weight excluding hydrogens is 156 g/mol. The Morgan fingerprint density at radius 1 is 1.67 bits per heavy atom. The minimum Gasteiger partial charge on any atom is -0.258 e. The summed E-state index contributed by atoms with van der Waals surface area (Å²) in [6.07, 6.45) is 5.06. The van der Waals surface area contributed by atoms with Crippen molar-refractivity contribution >= 4 is 5.69 Å². The predicted molar refractivity (Wildman–Crippen MR) is 43.6 cm³/mol. The molecule has 0 N–H and O–H groups in total. The molecule has 4 heteroatoms. The van der Waals surface area contributed by atoms with Crippen molar-refractivity contribution in [1.82, 2.24) is 4.98 Å². The number of hydrogen-bond acceptors (Lipinski definition) is 3. The van der Waals surface area contributed by atoms with Crippen molar-refractivity contribution in [2.75, 3.05) is 0 Å². The summed E-state index contributed by atoms with van der Waals surface area (Å²) < 4.78 is 0. The first-order chi connectivity index (χ1) is 5.65. The van der Waals surface area contributed by atoms with E-state index in [1.807, 2.05) is 0 Å². The van der Waals surface area contributed by atoms with E-state index in [2.05, 4.69) is 10.9 Å². The van der Waals surface area contributed by atoms with E-state index >= 15 is 0 Å². The zero-order chi connectivity index (χ0) is 9.14. The number of nitro groups is 1. The van der Waals surface area contributed by atoms with E-state index < -0.39 is 4.92 Å². The van der Waals surface area contributed by atoms with Gasteiger partial charge in [0.25, 0.3) is 5.69 Å². The first kappa shape index (κ1) is 8.21. The van der Waals surface area contributed by atoms with Crippen LogP contribution in [0, 0.1) is 29.4 Å². The van der Waals surface area contributed by atoms with Crippen LogP contribution >= 0.6 is 0 Å². The molecule has 0 saturated heterocycles. The Morgan fingerprint density at radius 3 is 2.75 bits per heavy atom. The molecule has 0 aromatic carbocycles. The molecule has 0 radical (unpaired) electrons.